The maximum Gasteiger partial charge on any atom is 0.253 e. The van der Waals surface area contributed by atoms with Crippen LogP contribution in [0.1, 0.15) is 33.6 Å². The van der Waals surface area contributed by atoms with Gasteiger partial charge < -0.3 is 10.2 Å². The first-order valence-corrected chi connectivity index (χ1v) is 10.8. The van der Waals surface area contributed by atoms with Gasteiger partial charge in [0.1, 0.15) is 5.03 Å². The lowest BCUT2D eigenvalue weighted by atomic mass is 10.0. The summed E-state index contributed by atoms with van der Waals surface area (Å²) in [4.78, 5) is 32.4. The Balaban J connectivity index is 1.28. The molecule has 6 heteroatoms. The average molecular weight is 418 g/mol. The molecule has 152 valence electrons. The van der Waals surface area contributed by atoms with Crippen LogP contribution in [0.15, 0.2) is 88.9 Å². The lowest BCUT2D eigenvalue weighted by molar-refractivity contribution is 0.0698. The summed E-state index contributed by atoms with van der Waals surface area (Å²) >= 11 is 1.56. The summed E-state index contributed by atoms with van der Waals surface area (Å²) in [5.74, 6) is -0.0152. The van der Waals surface area contributed by atoms with Crippen molar-refractivity contribution in [2.45, 2.75) is 28.8 Å². The normalized spacial score (nSPS) is 14.3. The van der Waals surface area contributed by atoms with E-state index >= 15 is 0 Å². The predicted octanol–water partition coefficient (Wildman–Crippen LogP) is 4.27. The molecule has 1 fully saturated rings. The van der Waals surface area contributed by atoms with E-state index in [1.165, 1.54) is 0 Å². The second-order valence-corrected chi connectivity index (χ2v) is 8.29. The fourth-order valence-electron chi connectivity index (χ4n) is 3.46. The van der Waals surface area contributed by atoms with Crippen LogP contribution in [0.4, 0.5) is 0 Å². The minimum Gasteiger partial charge on any atom is -0.349 e. The molecule has 0 atom stereocenters. The molecule has 1 aliphatic heterocycles. The number of likely N-dealkylation sites (tertiary alicyclic amines) is 1. The van der Waals surface area contributed by atoms with Crippen LogP contribution in [0.5, 0.6) is 0 Å². The number of piperidine rings is 1. The van der Waals surface area contributed by atoms with E-state index in [1.54, 1.807) is 18.0 Å². The van der Waals surface area contributed by atoms with Gasteiger partial charge in [0.15, 0.2) is 0 Å². The van der Waals surface area contributed by atoms with E-state index in [4.69, 9.17) is 0 Å². The van der Waals surface area contributed by atoms with E-state index in [2.05, 4.69) is 10.3 Å². The van der Waals surface area contributed by atoms with Gasteiger partial charge in [0, 0.05) is 41.4 Å². The number of hydrogen-bond acceptors (Lipinski definition) is 4. The van der Waals surface area contributed by atoms with Crippen LogP contribution >= 0.6 is 11.8 Å². The molecule has 0 radical (unpaired) electrons. The first kappa shape index (κ1) is 20.2. The fraction of sp³-hybridized carbons (Fsp3) is 0.208. The van der Waals surface area contributed by atoms with Gasteiger partial charge >= 0.3 is 0 Å². The monoisotopic (exact) mass is 417 g/mol. The zero-order valence-electron chi connectivity index (χ0n) is 16.5. The van der Waals surface area contributed by atoms with Crippen molar-refractivity contribution in [2.24, 2.45) is 0 Å². The number of amides is 2. The summed E-state index contributed by atoms with van der Waals surface area (Å²) < 4.78 is 0. The van der Waals surface area contributed by atoms with Crippen molar-refractivity contribution in [3.8, 4) is 0 Å². The molecule has 30 heavy (non-hydrogen) atoms. The molecule has 1 aromatic heterocycles. The Bertz CT molecular complexity index is 986. The zero-order chi connectivity index (χ0) is 20.8. The fourth-order valence-corrected chi connectivity index (χ4v) is 4.24. The molecule has 0 saturated carbocycles. The summed E-state index contributed by atoms with van der Waals surface area (Å²) in [7, 11) is 0. The van der Waals surface area contributed by atoms with Gasteiger partial charge in [-0.2, -0.15) is 0 Å². The molecule has 1 N–H and O–H groups in total. The molecule has 0 spiro atoms. The number of carbonyl (C=O) groups is 2. The van der Waals surface area contributed by atoms with Crippen molar-refractivity contribution in [2.75, 3.05) is 13.1 Å². The van der Waals surface area contributed by atoms with Crippen molar-refractivity contribution >= 4 is 23.6 Å². The van der Waals surface area contributed by atoms with Crippen LogP contribution in [0, 0.1) is 0 Å². The summed E-state index contributed by atoms with van der Waals surface area (Å²) in [6, 6.07) is 22.8. The lowest BCUT2D eigenvalue weighted by Crippen LogP contribution is -2.46. The molecule has 1 aliphatic rings. The van der Waals surface area contributed by atoms with Crippen LogP contribution in [0.3, 0.4) is 0 Å². The van der Waals surface area contributed by atoms with Crippen molar-refractivity contribution in [3.63, 3.8) is 0 Å². The minimum atomic E-state index is -0.0720. The topological polar surface area (TPSA) is 62.3 Å². The van der Waals surface area contributed by atoms with E-state index in [9.17, 15) is 9.59 Å². The highest BCUT2D eigenvalue weighted by Crippen LogP contribution is 2.25. The third kappa shape index (κ3) is 5.07. The number of pyridine rings is 1. The van der Waals surface area contributed by atoms with E-state index < -0.39 is 0 Å². The minimum absolute atomic E-state index is 0.0568. The maximum absolute atomic E-state index is 12.6. The highest BCUT2D eigenvalue weighted by Gasteiger charge is 2.24. The van der Waals surface area contributed by atoms with Crippen LogP contribution < -0.4 is 5.32 Å². The summed E-state index contributed by atoms with van der Waals surface area (Å²) in [5, 5.41) is 4.03. The summed E-state index contributed by atoms with van der Waals surface area (Å²) in [6.45, 7) is 1.30. The predicted molar refractivity (Wildman–Crippen MR) is 118 cm³/mol. The first-order chi connectivity index (χ1) is 14.7. The third-order valence-electron chi connectivity index (χ3n) is 5.11. The van der Waals surface area contributed by atoms with E-state index in [0.717, 1.165) is 22.8 Å². The molecule has 0 bridgehead atoms. The maximum atomic E-state index is 12.6. The van der Waals surface area contributed by atoms with Gasteiger partial charge in [-0.1, -0.05) is 36.0 Å². The van der Waals surface area contributed by atoms with Crippen LogP contribution in [-0.2, 0) is 0 Å². The highest BCUT2D eigenvalue weighted by atomic mass is 32.2. The van der Waals surface area contributed by atoms with Crippen LogP contribution in [0.2, 0.25) is 0 Å². The van der Waals surface area contributed by atoms with E-state index in [0.29, 0.717) is 24.2 Å². The van der Waals surface area contributed by atoms with Gasteiger partial charge in [-0.25, -0.2) is 4.98 Å². The summed E-state index contributed by atoms with van der Waals surface area (Å²) in [5.41, 5.74) is 1.35. The standard InChI is InChI=1S/C24H23N3O2S/c28-23(18-9-11-21(12-10-18)30-22-8-4-5-15-25-22)26-20-13-16-27(17-14-20)24(29)19-6-2-1-3-7-19/h1-12,15,20H,13-14,16-17H2,(H,26,28). The zero-order valence-corrected chi connectivity index (χ0v) is 17.3. The van der Waals surface area contributed by atoms with Crippen molar-refractivity contribution in [1.29, 1.82) is 0 Å². The number of rotatable bonds is 5. The van der Waals surface area contributed by atoms with Crippen LogP contribution in [0.25, 0.3) is 0 Å². The average Bonchev–Trinajstić information content (AvgIpc) is 2.81. The molecule has 2 amide bonds. The Kier molecular flexibility index (Phi) is 6.44. The number of benzene rings is 2. The molecule has 2 heterocycles. The quantitative estimate of drug-likeness (QED) is 0.674. The second kappa shape index (κ2) is 9.59. The van der Waals surface area contributed by atoms with Crippen molar-refractivity contribution < 1.29 is 9.59 Å². The largest absolute Gasteiger partial charge is 0.349 e. The number of aromatic nitrogens is 1. The van der Waals surface area contributed by atoms with Gasteiger partial charge in [-0.15, -0.1) is 0 Å². The van der Waals surface area contributed by atoms with Crippen LogP contribution in [-0.4, -0.2) is 40.8 Å². The molecule has 3 aromatic rings. The second-order valence-electron chi connectivity index (χ2n) is 7.20. The first-order valence-electron chi connectivity index (χ1n) is 10.0. The van der Waals surface area contributed by atoms with Gasteiger partial charge in [0.2, 0.25) is 0 Å². The van der Waals surface area contributed by atoms with E-state index in [1.807, 2.05) is 77.7 Å². The van der Waals surface area contributed by atoms with Gasteiger partial charge in [0.05, 0.1) is 0 Å². The molecular weight excluding hydrogens is 394 g/mol. The Morgan fingerprint density at radius 1 is 0.867 bits per heavy atom. The Morgan fingerprint density at radius 2 is 1.57 bits per heavy atom. The molecule has 0 aliphatic carbocycles. The smallest absolute Gasteiger partial charge is 0.253 e. The molecule has 5 nitrogen and oxygen atoms in total. The molecule has 0 unspecified atom stereocenters. The molecule has 1 saturated heterocycles. The lowest BCUT2D eigenvalue weighted by Gasteiger charge is -2.32. The van der Waals surface area contributed by atoms with Gasteiger partial charge in [-0.3, -0.25) is 9.59 Å². The Labute approximate surface area is 180 Å². The van der Waals surface area contributed by atoms with Crippen molar-refractivity contribution in [1.82, 2.24) is 15.2 Å². The number of nitrogens with zero attached hydrogens (tertiary/aromatic N) is 2. The SMILES string of the molecule is O=C(NC1CCN(C(=O)c2ccccc2)CC1)c1ccc(Sc2ccccn2)cc1. The van der Waals surface area contributed by atoms with Crippen molar-refractivity contribution in [3.05, 3.63) is 90.1 Å². The number of carbonyl (C=O) groups excluding carboxylic acids is 2. The van der Waals surface area contributed by atoms with Gasteiger partial charge in [0.25, 0.3) is 11.8 Å². The Hall–Kier alpha value is -3.12. The molecule has 4 rings (SSSR count). The summed E-state index contributed by atoms with van der Waals surface area (Å²) in [6.07, 6.45) is 3.29. The Morgan fingerprint density at radius 3 is 2.23 bits per heavy atom. The number of hydrogen-bond donors (Lipinski definition) is 1. The number of nitrogens with one attached hydrogen (secondary N) is 1. The van der Waals surface area contributed by atoms with E-state index in [-0.39, 0.29) is 17.9 Å². The highest BCUT2D eigenvalue weighted by molar-refractivity contribution is 7.99. The van der Waals surface area contributed by atoms with Gasteiger partial charge in [-0.05, 0) is 61.4 Å². The third-order valence-corrected chi connectivity index (χ3v) is 6.07. The molecular formula is C24H23N3O2S. The molecule has 2 aromatic carbocycles.